The quantitative estimate of drug-likeness (QED) is 0.780. The molecule has 1 aromatic carbocycles. The molecule has 2 aromatic rings. The Morgan fingerprint density at radius 3 is 2.77 bits per heavy atom. The number of hydrogen-bond donors (Lipinski definition) is 1. The summed E-state index contributed by atoms with van der Waals surface area (Å²) in [7, 11) is 1.31. The Kier molecular flexibility index (Phi) is 5.21. The lowest BCUT2D eigenvalue weighted by atomic mass is 9.89. The summed E-state index contributed by atoms with van der Waals surface area (Å²) in [6.07, 6.45) is 4.85. The lowest BCUT2D eigenvalue weighted by molar-refractivity contribution is -0.166. The summed E-state index contributed by atoms with van der Waals surface area (Å²) in [4.78, 5) is 37.6. The number of methoxy groups -OCH3 is 1. The topological polar surface area (TPSA) is 103 Å². The van der Waals surface area contributed by atoms with Crippen LogP contribution in [0, 0.1) is 0 Å². The minimum Gasteiger partial charge on any atom is -0.466 e. The Balaban J connectivity index is 1.65. The second-order valence-electron chi connectivity index (χ2n) is 5.85. The Morgan fingerprint density at radius 1 is 1.27 bits per heavy atom. The van der Waals surface area contributed by atoms with Crippen LogP contribution in [-0.2, 0) is 20.8 Å². The monoisotopic (exact) mass is 354 g/mol. The molecule has 2 heterocycles. The number of ether oxygens (including phenoxy) is 1. The van der Waals surface area contributed by atoms with E-state index in [2.05, 4.69) is 20.4 Å². The Hall–Kier alpha value is -3.29. The third kappa shape index (κ3) is 3.85. The van der Waals surface area contributed by atoms with Crippen LogP contribution in [0.3, 0.4) is 0 Å². The fraction of sp³-hybridized carbons (Fsp3) is 0.278. The van der Waals surface area contributed by atoms with Gasteiger partial charge in [0.25, 0.3) is 5.91 Å². The number of amides is 1. The van der Waals surface area contributed by atoms with Gasteiger partial charge in [-0.25, -0.2) is 9.78 Å². The smallest absolute Gasteiger partial charge is 0.353 e. The SMILES string of the molecule is COC(=O)C1(Cc2ccccc2)CC(CNC(=O)c2cnccn2)=NO1. The van der Waals surface area contributed by atoms with Crippen molar-refractivity contribution in [2.45, 2.75) is 18.4 Å². The molecule has 0 fully saturated rings. The minimum absolute atomic E-state index is 0.142. The van der Waals surface area contributed by atoms with Gasteiger partial charge in [0.2, 0.25) is 5.60 Å². The van der Waals surface area contributed by atoms with Crippen LogP contribution in [0.4, 0.5) is 0 Å². The maximum atomic E-state index is 12.3. The maximum Gasteiger partial charge on any atom is 0.353 e. The number of rotatable bonds is 6. The molecule has 0 bridgehead atoms. The fourth-order valence-electron chi connectivity index (χ4n) is 2.72. The molecule has 1 amide bonds. The van der Waals surface area contributed by atoms with Crippen LogP contribution in [0.15, 0.2) is 54.1 Å². The highest BCUT2D eigenvalue weighted by molar-refractivity contribution is 5.99. The van der Waals surface area contributed by atoms with Crippen molar-refractivity contribution in [1.82, 2.24) is 15.3 Å². The van der Waals surface area contributed by atoms with Gasteiger partial charge in [-0.05, 0) is 5.56 Å². The zero-order valence-corrected chi connectivity index (χ0v) is 14.2. The van der Waals surface area contributed by atoms with E-state index in [1.165, 1.54) is 25.7 Å². The zero-order valence-electron chi connectivity index (χ0n) is 14.2. The van der Waals surface area contributed by atoms with E-state index in [0.29, 0.717) is 12.1 Å². The Morgan fingerprint density at radius 2 is 2.08 bits per heavy atom. The summed E-state index contributed by atoms with van der Waals surface area (Å²) in [5.41, 5.74) is 0.458. The Labute approximate surface area is 150 Å². The standard InChI is InChI=1S/C18H18N4O4/c1-25-17(24)18(9-13-5-3-2-4-6-13)10-14(22-26-18)11-21-16(23)15-12-19-7-8-20-15/h2-8,12H,9-11H2,1H3,(H,21,23). The predicted molar refractivity (Wildman–Crippen MR) is 92.4 cm³/mol. The van der Waals surface area contributed by atoms with E-state index < -0.39 is 11.6 Å². The number of esters is 1. The van der Waals surface area contributed by atoms with E-state index in [1.54, 1.807) is 0 Å². The second kappa shape index (κ2) is 7.73. The highest BCUT2D eigenvalue weighted by Crippen LogP contribution is 2.29. The van der Waals surface area contributed by atoms with Gasteiger partial charge in [-0.1, -0.05) is 35.5 Å². The van der Waals surface area contributed by atoms with Gasteiger partial charge >= 0.3 is 5.97 Å². The normalized spacial score (nSPS) is 18.6. The van der Waals surface area contributed by atoms with Gasteiger partial charge in [-0.15, -0.1) is 0 Å². The molecule has 0 saturated carbocycles. The molecular weight excluding hydrogens is 336 g/mol. The number of benzene rings is 1. The van der Waals surface area contributed by atoms with E-state index in [-0.39, 0.29) is 24.6 Å². The molecule has 1 N–H and O–H groups in total. The van der Waals surface area contributed by atoms with Crippen LogP contribution in [0.1, 0.15) is 22.5 Å². The molecule has 0 aliphatic carbocycles. The van der Waals surface area contributed by atoms with E-state index in [0.717, 1.165) is 5.56 Å². The molecule has 1 atom stereocenters. The summed E-state index contributed by atoms with van der Waals surface area (Å²) >= 11 is 0. The first-order valence-corrected chi connectivity index (χ1v) is 8.03. The molecular formula is C18H18N4O4. The summed E-state index contributed by atoms with van der Waals surface area (Å²) in [6.45, 7) is 0.142. The van der Waals surface area contributed by atoms with Crippen LogP contribution in [-0.4, -0.2) is 46.8 Å². The van der Waals surface area contributed by atoms with Crippen molar-refractivity contribution in [3.63, 3.8) is 0 Å². The van der Waals surface area contributed by atoms with E-state index in [1.807, 2.05) is 30.3 Å². The van der Waals surface area contributed by atoms with Gasteiger partial charge in [-0.2, -0.15) is 0 Å². The summed E-state index contributed by atoms with van der Waals surface area (Å²) in [6, 6.07) is 9.48. The van der Waals surface area contributed by atoms with Crippen LogP contribution in [0.5, 0.6) is 0 Å². The van der Waals surface area contributed by atoms with E-state index in [9.17, 15) is 9.59 Å². The maximum absolute atomic E-state index is 12.3. The first-order valence-electron chi connectivity index (χ1n) is 8.03. The van der Waals surface area contributed by atoms with Crippen LogP contribution in [0.25, 0.3) is 0 Å². The van der Waals surface area contributed by atoms with E-state index in [4.69, 9.17) is 9.57 Å². The number of aromatic nitrogens is 2. The van der Waals surface area contributed by atoms with E-state index >= 15 is 0 Å². The summed E-state index contributed by atoms with van der Waals surface area (Å²) in [5.74, 6) is -0.875. The molecule has 0 spiro atoms. The van der Waals surface area contributed by atoms with Crippen molar-refractivity contribution >= 4 is 17.6 Å². The average molecular weight is 354 g/mol. The molecule has 1 aliphatic heterocycles. The zero-order chi connectivity index (χ0) is 18.4. The van der Waals surface area contributed by atoms with Gasteiger partial charge < -0.3 is 14.9 Å². The lowest BCUT2D eigenvalue weighted by Gasteiger charge is -2.23. The molecule has 1 aromatic heterocycles. The molecule has 1 aliphatic rings. The predicted octanol–water partition coefficient (Wildman–Crippen LogP) is 1.14. The molecule has 0 radical (unpaired) electrons. The third-order valence-electron chi connectivity index (χ3n) is 3.98. The number of hydrogen-bond acceptors (Lipinski definition) is 7. The number of oxime groups is 1. The minimum atomic E-state index is -1.22. The van der Waals surface area contributed by atoms with Gasteiger partial charge in [0, 0.05) is 25.2 Å². The second-order valence-corrected chi connectivity index (χ2v) is 5.85. The van der Waals surface area contributed by atoms with Crippen LogP contribution >= 0.6 is 0 Å². The number of nitrogens with one attached hydrogen (secondary N) is 1. The number of carbonyl (C=O) groups is 2. The first-order chi connectivity index (χ1) is 12.6. The van der Waals surface area contributed by atoms with Crippen molar-refractivity contribution in [3.8, 4) is 0 Å². The van der Waals surface area contributed by atoms with Crippen LogP contribution in [0.2, 0.25) is 0 Å². The fourth-order valence-corrected chi connectivity index (χ4v) is 2.72. The highest BCUT2D eigenvalue weighted by Gasteiger charge is 2.47. The van der Waals surface area contributed by atoms with Crippen molar-refractivity contribution in [2.24, 2.45) is 5.16 Å². The first kappa shape index (κ1) is 17.5. The molecule has 0 saturated heterocycles. The van der Waals surface area contributed by atoms with Crippen LogP contribution < -0.4 is 5.32 Å². The molecule has 8 nitrogen and oxygen atoms in total. The number of carbonyl (C=O) groups excluding carboxylic acids is 2. The van der Waals surface area contributed by atoms with Gasteiger partial charge in [0.1, 0.15) is 5.69 Å². The summed E-state index contributed by atoms with van der Waals surface area (Å²) < 4.78 is 4.91. The molecule has 26 heavy (non-hydrogen) atoms. The van der Waals surface area contributed by atoms with Gasteiger partial charge in [0.15, 0.2) is 0 Å². The highest BCUT2D eigenvalue weighted by atomic mass is 16.7. The van der Waals surface area contributed by atoms with Crippen molar-refractivity contribution < 1.29 is 19.2 Å². The van der Waals surface area contributed by atoms with Crippen molar-refractivity contribution in [1.29, 1.82) is 0 Å². The molecule has 134 valence electrons. The Bertz CT molecular complexity index is 810. The third-order valence-corrected chi connectivity index (χ3v) is 3.98. The average Bonchev–Trinajstić information content (AvgIpc) is 3.11. The number of nitrogens with zero attached hydrogens (tertiary/aromatic N) is 3. The molecule has 3 rings (SSSR count). The molecule has 8 heteroatoms. The van der Waals surface area contributed by atoms with Gasteiger partial charge in [-0.3, -0.25) is 9.78 Å². The largest absolute Gasteiger partial charge is 0.466 e. The van der Waals surface area contributed by atoms with Gasteiger partial charge in [0.05, 0.1) is 25.6 Å². The molecule has 1 unspecified atom stereocenters. The van der Waals surface area contributed by atoms with Crippen molar-refractivity contribution in [3.05, 3.63) is 60.2 Å². The summed E-state index contributed by atoms with van der Waals surface area (Å²) in [5, 5.41) is 6.68. The lowest BCUT2D eigenvalue weighted by Crippen LogP contribution is -2.43. The van der Waals surface area contributed by atoms with Crippen molar-refractivity contribution in [2.75, 3.05) is 13.7 Å².